The average Bonchev–Trinajstić information content (AvgIpc) is 2.56. The van der Waals surface area contributed by atoms with Crippen molar-refractivity contribution in [2.45, 2.75) is 32.2 Å². The molecule has 0 radical (unpaired) electrons. The normalized spacial score (nSPS) is 16.4. The molecular formula is C20H24N2O. The zero-order valence-electron chi connectivity index (χ0n) is 13.7. The van der Waals surface area contributed by atoms with E-state index in [0.717, 1.165) is 25.2 Å². The molecule has 1 saturated heterocycles. The molecule has 0 unspecified atom stereocenters. The van der Waals surface area contributed by atoms with Gasteiger partial charge in [-0.15, -0.1) is 0 Å². The minimum absolute atomic E-state index is 0.356. The van der Waals surface area contributed by atoms with Crippen molar-refractivity contribution in [1.29, 1.82) is 0 Å². The number of amides is 1. The number of primary amides is 1. The number of hydrogen-bond acceptors (Lipinski definition) is 2. The zero-order chi connectivity index (χ0) is 16.2. The summed E-state index contributed by atoms with van der Waals surface area (Å²) in [5.41, 5.74) is 10.0. The highest BCUT2D eigenvalue weighted by Crippen LogP contribution is 2.30. The van der Waals surface area contributed by atoms with Gasteiger partial charge < -0.3 is 5.73 Å². The first-order valence-corrected chi connectivity index (χ1v) is 8.30. The minimum atomic E-state index is -0.356. The van der Waals surface area contributed by atoms with Gasteiger partial charge in [-0.25, -0.2) is 0 Å². The van der Waals surface area contributed by atoms with E-state index in [0.29, 0.717) is 11.5 Å². The third-order valence-corrected chi connectivity index (χ3v) is 4.83. The van der Waals surface area contributed by atoms with E-state index in [4.69, 9.17) is 5.73 Å². The lowest BCUT2D eigenvalue weighted by atomic mass is 9.87. The Hall–Kier alpha value is -2.13. The fraction of sp³-hybridized carbons (Fsp3) is 0.350. The van der Waals surface area contributed by atoms with Gasteiger partial charge in [0.2, 0.25) is 5.91 Å². The Bertz CT molecular complexity index is 688. The summed E-state index contributed by atoms with van der Waals surface area (Å²) in [4.78, 5) is 13.8. The third kappa shape index (κ3) is 3.80. The predicted octanol–water partition coefficient (Wildman–Crippen LogP) is 3.47. The van der Waals surface area contributed by atoms with Crippen LogP contribution in [0.25, 0.3) is 0 Å². The highest BCUT2D eigenvalue weighted by Gasteiger charge is 2.21. The van der Waals surface area contributed by atoms with Crippen LogP contribution in [0.1, 0.15) is 45.8 Å². The Balaban J connectivity index is 1.60. The number of likely N-dealkylation sites (tertiary alicyclic amines) is 1. The van der Waals surface area contributed by atoms with Crippen molar-refractivity contribution in [3.8, 4) is 0 Å². The Kier molecular flexibility index (Phi) is 4.77. The second-order valence-corrected chi connectivity index (χ2v) is 6.47. The number of rotatable bonds is 4. The highest BCUT2D eigenvalue weighted by molar-refractivity contribution is 5.92. The van der Waals surface area contributed by atoms with Crippen molar-refractivity contribution >= 4 is 5.91 Å². The van der Waals surface area contributed by atoms with Gasteiger partial charge in [0.15, 0.2) is 0 Å². The quantitative estimate of drug-likeness (QED) is 0.940. The third-order valence-electron chi connectivity index (χ3n) is 4.83. The lowest BCUT2D eigenvalue weighted by Gasteiger charge is -2.32. The summed E-state index contributed by atoms with van der Waals surface area (Å²) in [5, 5.41) is 0. The first kappa shape index (κ1) is 15.8. The number of nitrogens with two attached hydrogens (primary N) is 1. The number of benzene rings is 2. The fourth-order valence-corrected chi connectivity index (χ4v) is 3.53. The summed E-state index contributed by atoms with van der Waals surface area (Å²) in [6.45, 7) is 5.29. The Morgan fingerprint density at radius 2 is 1.87 bits per heavy atom. The average molecular weight is 308 g/mol. The second-order valence-electron chi connectivity index (χ2n) is 6.47. The van der Waals surface area contributed by atoms with E-state index >= 15 is 0 Å². The summed E-state index contributed by atoms with van der Waals surface area (Å²) >= 11 is 0. The Morgan fingerprint density at radius 1 is 1.13 bits per heavy atom. The van der Waals surface area contributed by atoms with Gasteiger partial charge in [-0.1, -0.05) is 36.4 Å². The van der Waals surface area contributed by atoms with Crippen molar-refractivity contribution < 1.29 is 4.79 Å². The lowest BCUT2D eigenvalue weighted by Crippen LogP contribution is -2.32. The number of carbonyl (C=O) groups excluding carboxylic acids is 1. The molecule has 1 aliphatic rings. The smallest absolute Gasteiger partial charge is 0.248 e. The van der Waals surface area contributed by atoms with Crippen molar-refractivity contribution in [2.24, 2.45) is 5.73 Å². The van der Waals surface area contributed by atoms with Crippen molar-refractivity contribution in [2.75, 3.05) is 13.1 Å². The van der Waals surface area contributed by atoms with Gasteiger partial charge >= 0.3 is 0 Å². The van der Waals surface area contributed by atoms with Crippen LogP contribution in [-0.4, -0.2) is 23.9 Å². The van der Waals surface area contributed by atoms with Gasteiger partial charge in [0, 0.05) is 12.1 Å². The van der Waals surface area contributed by atoms with Crippen molar-refractivity contribution in [3.05, 3.63) is 70.8 Å². The molecule has 1 fully saturated rings. The molecular weight excluding hydrogens is 284 g/mol. The van der Waals surface area contributed by atoms with E-state index in [1.807, 2.05) is 12.1 Å². The fourth-order valence-electron chi connectivity index (χ4n) is 3.53. The van der Waals surface area contributed by atoms with Crippen LogP contribution >= 0.6 is 0 Å². The maximum atomic E-state index is 11.3. The molecule has 3 heteroatoms. The number of hydrogen-bond donors (Lipinski definition) is 1. The first-order chi connectivity index (χ1) is 11.1. The van der Waals surface area contributed by atoms with Crippen LogP contribution in [-0.2, 0) is 6.54 Å². The molecule has 1 aliphatic heterocycles. The number of nitrogens with zero attached hydrogens (tertiary/aromatic N) is 1. The number of piperidine rings is 1. The summed E-state index contributed by atoms with van der Waals surface area (Å²) in [7, 11) is 0. The second kappa shape index (κ2) is 6.97. The van der Waals surface area contributed by atoms with Gasteiger partial charge in [-0.2, -0.15) is 0 Å². The van der Waals surface area contributed by atoms with Crippen LogP contribution in [0.15, 0.2) is 48.5 Å². The monoisotopic (exact) mass is 308 g/mol. The molecule has 120 valence electrons. The van der Waals surface area contributed by atoms with E-state index in [9.17, 15) is 4.79 Å². The zero-order valence-corrected chi connectivity index (χ0v) is 13.7. The van der Waals surface area contributed by atoms with Crippen LogP contribution < -0.4 is 5.73 Å². The molecule has 0 atom stereocenters. The SMILES string of the molecule is Cc1ccccc1C1CCN(Cc2cccc(C(N)=O)c2)CC1. The largest absolute Gasteiger partial charge is 0.366 e. The van der Waals surface area contributed by atoms with Gasteiger partial charge in [0.05, 0.1) is 0 Å². The van der Waals surface area contributed by atoms with Crippen LogP contribution in [0.3, 0.4) is 0 Å². The molecule has 3 rings (SSSR count). The molecule has 0 bridgehead atoms. The summed E-state index contributed by atoms with van der Waals surface area (Å²) in [6, 6.07) is 16.4. The molecule has 2 aromatic rings. The van der Waals surface area contributed by atoms with Crippen LogP contribution in [0.4, 0.5) is 0 Å². The van der Waals surface area contributed by atoms with Crippen molar-refractivity contribution in [3.63, 3.8) is 0 Å². The van der Waals surface area contributed by atoms with E-state index in [1.165, 1.54) is 24.0 Å². The van der Waals surface area contributed by atoms with Crippen molar-refractivity contribution in [1.82, 2.24) is 4.90 Å². The van der Waals surface area contributed by atoms with Gasteiger partial charge in [-0.05, 0) is 67.6 Å². The number of aryl methyl sites for hydroxylation is 1. The highest BCUT2D eigenvalue weighted by atomic mass is 16.1. The predicted molar refractivity (Wildman–Crippen MR) is 93.4 cm³/mol. The maximum absolute atomic E-state index is 11.3. The first-order valence-electron chi connectivity index (χ1n) is 8.30. The molecule has 0 spiro atoms. The molecule has 2 aromatic carbocycles. The molecule has 1 amide bonds. The minimum Gasteiger partial charge on any atom is -0.366 e. The molecule has 0 aliphatic carbocycles. The van der Waals surface area contributed by atoms with Gasteiger partial charge in [0.1, 0.15) is 0 Å². The lowest BCUT2D eigenvalue weighted by molar-refractivity contribution is 0.1000. The molecule has 1 heterocycles. The molecule has 3 nitrogen and oxygen atoms in total. The van der Waals surface area contributed by atoms with E-state index < -0.39 is 0 Å². The maximum Gasteiger partial charge on any atom is 0.248 e. The topological polar surface area (TPSA) is 46.3 Å². The van der Waals surface area contributed by atoms with Gasteiger partial charge in [-0.3, -0.25) is 9.69 Å². The van der Waals surface area contributed by atoms with Crippen LogP contribution in [0, 0.1) is 6.92 Å². The Morgan fingerprint density at radius 3 is 2.57 bits per heavy atom. The summed E-state index contributed by atoms with van der Waals surface area (Å²) in [5.74, 6) is 0.314. The van der Waals surface area contributed by atoms with E-state index in [-0.39, 0.29) is 5.91 Å². The Labute approximate surface area is 138 Å². The molecule has 0 aromatic heterocycles. The van der Waals surface area contributed by atoms with E-state index in [2.05, 4.69) is 42.2 Å². The standard InChI is InChI=1S/C20H24N2O/c1-15-5-2-3-8-19(15)17-9-11-22(12-10-17)14-16-6-4-7-18(13-16)20(21)23/h2-8,13,17H,9-12,14H2,1H3,(H2,21,23). The molecule has 2 N–H and O–H groups in total. The molecule has 0 saturated carbocycles. The van der Waals surface area contributed by atoms with Crippen LogP contribution in [0.5, 0.6) is 0 Å². The van der Waals surface area contributed by atoms with Crippen LogP contribution in [0.2, 0.25) is 0 Å². The van der Waals surface area contributed by atoms with Gasteiger partial charge in [0.25, 0.3) is 0 Å². The number of carbonyl (C=O) groups is 1. The van der Waals surface area contributed by atoms with E-state index in [1.54, 1.807) is 6.07 Å². The summed E-state index contributed by atoms with van der Waals surface area (Å²) in [6.07, 6.45) is 2.39. The summed E-state index contributed by atoms with van der Waals surface area (Å²) < 4.78 is 0. The molecule has 23 heavy (non-hydrogen) atoms.